The number of hydrogen-bond donors (Lipinski definition) is 2. The minimum Gasteiger partial charge on any atom is -0.480 e. The molecular formula is C15H14FN3O4. The topological polar surface area (TPSA) is 90.0 Å². The second-order valence-electron chi connectivity index (χ2n) is 4.81. The summed E-state index contributed by atoms with van der Waals surface area (Å²) in [6.45, 7) is -0.0705. The summed E-state index contributed by atoms with van der Waals surface area (Å²) in [4.78, 5) is 37.0. The SMILES string of the molecule is C#CCN(CC(=O)O)C(=O)c1cc(N2CCNC2=O)ccc1F. The van der Waals surface area contributed by atoms with Crippen molar-refractivity contribution < 1.29 is 23.9 Å². The molecule has 1 fully saturated rings. The molecule has 1 aliphatic rings. The highest BCUT2D eigenvalue weighted by molar-refractivity contribution is 5.99. The Labute approximate surface area is 131 Å². The zero-order chi connectivity index (χ0) is 17.0. The number of aliphatic carboxylic acids is 1. The van der Waals surface area contributed by atoms with Crippen LogP contribution in [-0.2, 0) is 4.79 Å². The van der Waals surface area contributed by atoms with Crippen LogP contribution in [0.4, 0.5) is 14.9 Å². The highest BCUT2D eigenvalue weighted by Crippen LogP contribution is 2.21. The molecule has 1 aromatic carbocycles. The van der Waals surface area contributed by atoms with E-state index in [0.29, 0.717) is 18.8 Å². The Hall–Kier alpha value is -3.08. The first kappa shape index (κ1) is 16.3. The van der Waals surface area contributed by atoms with Crippen molar-refractivity contribution in [3.63, 3.8) is 0 Å². The molecule has 23 heavy (non-hydrogen) atoms. The van der Waals surface area contributed by atoms with Crippen molar-refractivity contribution in [2.75, 3.05) is 31.1 Å². The molecule has 0 aromatic heterocycles. The van der Waals surface area contributed by atoms with Gasteiger partial charge in [-0.2, -0.15) is 0 Å². The molecule has 2 rings (SSSR count). The van der Waals surface area contributed by atoms with Crippen LogP contribution in [0.3, 0.4) is 0 Å². The van der Waals surface area contributed by atoms with Gasteiger partial charge in [0.05, 0.1) is 12.1 Å². The third kappa shape index (κ3) is 3.58. The van der Waals surface area contributed by atoms with Crippen molar-refractivity contribution in [1.82, 2.24) is 10.2 Å². The number of terminal acetylenes is 1. The number of nitrogens with zero attached hydrogens (tertiary/aromatic N) is 2. The molecule has 0 saturated carbocycles. The smallest absolute Gasteiger partial charge is 0.323 e. The first-order valence-corrected chi connectivity index (χ1v) is 6.73. The first-order chi connectivity index (χ1) is 10.9. The average molecular weight is 319 g/mol. The van der Waals surface area contributed by atoms with E-state index in [2.05, 4.69) is 11.2 Å². The molecule has 0 unspecified atom stereocenters. The Bertz CT molecular complexity index is 698. The third-order valence-corrected chi connectivity index (χ3v) is 3.24. The monoisotopic (exact) mass is 319 g/mol. The summed E-state index contributed by atoms with van der Waals surface area (Å²) >= 11 is 0. The Morgan fingerprint density at radius 1 is 1.48 bits per heavy atom. The summed E-state index contributed by atoms with van der Waals surface area (Å²) in [6, 6.07) is 3.30. The number of carbonyl (C=O) groups is 3. The molecule has 0 bridgehead atoms. The molecular weight excluding hydrogens is 305 g/mol. The summed E-state index contributed by atoms with van der Waals surface area (Å²) in [5.41, 5.74) is 0.0134. The molecule has 120 valence electrons. The number of carbonyl (C=O) groups excluding carboxylic acids is 2. The average Bonchev–Trinajstić information content (AvgIpc) is 2.92. The number of anilines is 1. The number of benzene rings is 1. The lowest BCUT2D eigenvalue weighted by atomic mass is 10.1. The lowest BCUT2D eigenvalue weighted by Gasteiger charge is -2.20. The summed E-state index contributed by atoms with van der Waals surface area (Å²) in [6.07, 6.45) is 5.11. The second kappa shape index (κ2) is 6.79. The summed E-state index contributed by atoms with van der Waals surface area (Å²) in [5.74, 6) is -0.753. The number of rotatable bonds is 5. The van der Waals surface area contributed by atoms with E-state index in [4.69, 9.17) is 11.5 Å². The predicted molar refractivity (Wildman–Crippen MR) is 79.5 cm³/mol. The van der Waals surface area contributed by atoms with E-state index >= 15 is 0 Å². The van der Waals surface area contributed by atoms with Crippen molar-refractivity contribution in [2.45, 2.75) is 0 Å². The Morgan fingerprint density at radius 3 is 2.78 bits per heavy atom. The van der Waals surface area contributed by atoms with E-state index in [1.807, 2.05) is 0 Å². The van der Waals surface area contributed by atoms with E-state index in [1.54, 1.807) is 0 Å². The van der Waals surface area contributed by atoms with Gasteiger partial charge in [-0.15, -0.1) is 6.42 Å². The van der Waals surface area contributed by atoms with Crippen molar-refractivity contribution in [2.24, 2.45) is 0 Å². The van der Waals surface area contributed by atoms with Crippen molar-refractivity contribution in [3.8, 4) is 12.3 Å². The van der Waals surface area contributed by atoms with E-state index in [9.17, 15) is 18.8 Å². The number of halogens is 1. The lowest BCUT2D eigenvalue weighted by Crippen LogP contribution is -2.36. The number of amides is 3. The van der Waals surface area contributed by atoms with E-state index < -0.39 is 24.2 Å². The number of hydrogen-bond acceptors (Lipinski definition) is 3. The van der Waals surface area contributed by atoms with E-state index in [-0.39, 0.29) is 18.1 Å². The molecule has 0 aliphatic carbocycles. The van der Waals surface area contributed by atoms with Crippen LogP contribution >= 0.6 is 0 Å². The summed E-state index contributed by atoms with van der Waals surface area (Å²) in [5, 5.41) is 11.4. The molecule has 2 N–H and O–H groups in total. The number of nitrogens with one attached hydrogen (secondary N) is 1. The van der Waals surface area contributed by atoms with Gasteiger partial charge in [0.15, 0.2) is 0 Å². The van der Waals surface area contributed by atoms with Gasteiger partial charge in [0.2, 0.25) is 0 Å². The second-order valence-corrected chi connectivity index (χ2v) is 4.81. The molecule has 1 saturated heterocycles. The fourth-order valence-electron chi connectivity index (χ4n) is 2.21. The van der Waals surface area contributed by atoms with E-state index in [0.717, 1.165) is 11.0 Å². The molecule has 0 atom stereocenters. The predicted octanol–water partition coefficient (Wildman–Crippen LogP) is 0.515. The quantitative estimate of drug-likeness (QED) is 0.774. The largest absolute Gasteiger partial charge is 0.480 e. The third-order valence-electron chi connectivity index (χ3n) is 3.24. The maximum atomic E-state index is 14.0. The van der Waals surface area contributed by atoms with Crippen LogP contribution in [0.1, 0.15) is 10.4 Å². The van der Waals surface area contributed by atoms with Gasteiger partial charge < -0.3 is 15.3 Å². The van der Waals surface area contributed by atoms with Crippen molar-refractivity contribution >= 4 is 23.6 Å². The van der Waals surface area contributed by atoms with Crippen LogP contribution in [0, 0.1) is 18.2 Å². The van der Waals surface area contributed by atoms with Gasteiger partial charge in [-0.05, 0) is 18.2 Å². The minimum atomic E-state index is -1.26. The van der Waals surface area contributed by atoms with Gasteiger partial charge in [-0.3, -0.25) is 14.5 Å². The summed E-state index contributed by atoms with van der Waals surface area (Å²) < 4.78 is 14.0. The highest BCUT2D eigenvalue weighted by atomic mass is 19.1. The fraction of sp³-hybridized carbons (Fsp3) is 0.267. The van der Waals surface area contributed by atoms with Crippen LogP contribution < -0.4 is 10.2 Å². The molecule has 7 nitrogen and oxygen atoms in total. The van der Waals surface area contributed by atoms with Crippen molar-refractivity contribution in [1.29, 1.82) is 0 Å². The molecule has 1 aromatic rings. The standard InChI is InChI=1S/C15H14FN3O4/c1-2-6-18(9-13(20)21)14(22)11-8-10(3-4-12(11)16)19-7-5-17-15(19)23/h1,3-4,8H,5-7,9H2,(H,17,23)(H,20,21). The van der Waals surface area contributed by atoms with Crippen LogP contribution in [0.15, 0.2) is 18.2 Å². The van der Waals surface area contributed by atoms with Crippen LogP contribution in [0.25, 0.3) is 0 Å². The number of carboxylic acid groups (broad SMARTS) is 1. The van der Waals surface area contributed by atoms with Crippen LogP contribution in [0.2, 0.25) is 0 Å². The Kier molecular flexibility index (Phi) is 4.81. The molecule has 0 spiro atoms. The van der Waals surface area contributed by atoms with E-state index in [1.165, 1.54) is 17.0 Å². The van der Waals surface area contributed by atoms with Gasteiger partial charge in [0, 0.05) is 18.8 Å². The first-order valence-electron chi connectivity index (χ1n) is 6.73. The Morgan fingerprint density at radius 2 is 2.22 bits per heavy atom. The fourth-order valence-corrected chi connectivity index (χ4v) is 2.21. The zero-order valence-electron chi connectivity index (χ0n) is 12.1. The lowest BCUT2D eigenvalue weighted by molar-refractivity contribution is -0.137. The maximum absolute atomic E-state index is 14.0. The van der Waals surface area contributed by atoms with Gasteiger partial charge >= 0.3 is 12.0 Å². The minimum absolute atomic E-state index is 0.265. The Balaban J connectivity index is 2.33. The molecule has 8 heteroatoms. The summed E-state index contributed by atoms with van der Waals surface area (Å²) in [7, 11) is 0. The van der Waals surface area contributed by atoms with Gasteiger partial charge in [0.25, 0.3) is 5.91 Å². The zero-order valence-corrected chi connectivity index (χ0v) is 12.1. The highest BCUT2D eigenvalue weighted by Gasteiger charge is 2.25. The van der Waals surface area contributed by atoms with Crippen LogP contribution in [0.5, 0.6) is 0 Å². The molecule has 0 radical (unpaired) electrons. The van der Waals surface area contributed by atoms with Gasteiger partial charge in [-0.1, -0.05) is 5.92 Å². The normalized spacial score (nSPS) is 13.4. The molecule has 1 heterocycles. The van der Waals surface area contributed by atoms with Crippen molar-refractivity contribution in [3.05, 3.63) is 29.6 Å². The molecule has 3 amide bonds. The van der Waals surface area contributed by atoms with Crippen LogP contribution in [-0.4, -0.2) is 54.1 Å². The molecule has 1 aliphatic heterocycles. The number of urea groups is 1. The number of carboxylic acids is 1. The van der Waals surface area contributed by atoms with Gasteiger partial charge in [-0.25, -0.2) is 9.18 Å². The maximum Gasteiger partial charge on any atom is 0.323 e. The van der Waals surface area contributed by atoms with Gasteiger partial charge in [0.1, 0.15) is 12.4 Å².